The van der Waals surface area contributed by atoms with E-state index in [0.717, 1.165) is 0 Å². The van der Waals surface area contributed by atoms with Crippen LogP contribution in [0.15, 0.2) is 24.3 Å². The summed E-state index contributed by atoms with van der Waals surface area (Å²) in [4.78, 5) is 3.61. The van der Waals surface area contributed by atoms with Gasteiger partial charge in [-0.2, -0.15) is 4.39 Å². The maximum atomic E-state index is 13.8. The topological polar surface area (TPSA) is 33.1 Å². The molecule has 1 aromatic carbocycles. The van der Waals surface area contributed by atoms with Crippen LogP contribution in [0.5, 0.6) is 0 Å². The van der Waals surface area contributed by atoms with Crippen LogP contribution in [0, 0.1) is 5.95 Å². The molecule has 0 saturated carbocycles. The Morgan fingerprint density at radius 2 is 1.67 bits per heavy atom. The minimum absolute atomic E-state index is 0.204. The summed E-state index contributed by atoms with van der Waals surface area (Å²) in [5.41, 5.74) is 0.851. The van der Waals surface area contributed by atoms with E-state index < -0.39 is 5.95 Å². The highest BCUT2D eigenvalue weighted by molar-refractivity contribution is 6.44. The molecule has 0 atom stereocenters. The number of aliphatic hydroxyl groups is 1. The molecule has 2 aromatic rings. The fraction of sp³-hybridized carbons (Fsp3) is 0.0833. The van der Waals surface area contributed by atoms with Crippen LogP contribution in [0.2, 0.25) is 15.1 Å². The lowest BCUT2D eigenvalue weighted by atomic mass is 10.1. The number of nitrogens with zero attached hydrogens (tertiary/aromatic N) is 1. The second kappa shape index (κ2) is 5.41. The van der Waals surface area contributed by atoms with Crippen molar-refractivity contribution in [3.8, 4) is 11.1 Å². The number of halogens is 4. The Morgan fingerprint density at radius 3 is 2.28 bits per heavy atom. The lowest BCUT2D eigenvalue weighted by Gasteiger charge is -2.08. The molecule has 0 aliphatic rings. The highest BCUT2D eigenvalue weighted by Gasteiger charge is 2.13. The Hall–Kier alpha value is -0.870. The maximum absolute atomic E-state index is 13.8. The molecule has 18 heavy (non-hydrogen) atoms. The average Bonchev–Trinajstić information content (AvgIpc) is 2.34. The van der Waals surface area contributed by atoms with Crippen LogP contribution in [-0.4, -0.2) is 10.1 Å². The number of pyridine rings is 1. The molecule has 0 aliphatic carbocycles. The molecule has 0 fully saturated rings. The summed E-state index contributed by atoms with van der Waals surface area (Å²) in [5.74, 6) is -0.721. The molecule has 2 nitrogen and oxygen atoms in total. The SMILES string of the molecule is OCc1ccc(-c2cc(Cl)c(Cl)cc2Cl)c(F)n1. The molecule has 94 valence electrons. The largest absolute Gasteiger partial charge is 0.390 e. The average molecular weight is 307 g/mol. The van der Waals surface area contributed by atoms with E-state index >= 15 is 0 Å². The molecule has 1 N–H and O–H groups in total. The van der Waals surface area contributed by atoms with Crippen LogP contribution in [-0.2, 0) is 6.61 Å². The van der Waals surface area contributed by atoms with Crippen molar-refractivity contribution in [2.75, 3.05) is 0 Å². The second-order valence-electron chi connectivity index (χ2n) is 3.55. The number of hydrogen-bond donors (Lipinski definition) is 1. The number of aliphatic hydroxyl groups excluding tert-OH is 1. The smallest absolute Gasteiger partial charge is 0.221 e. The van der Waals surface area contributed by atoms with Crippen molar-refractivity contribution in [3.05, 3.63) is 51.0 Å². The summed E-state index contributed by atoms with van der Waals surface area (Å²) in [6.07, 6.45) is 0. The highest BCUT2D eigenvalue weighted by Crippen LogP contribution is 2.35. The van der Waals surface area contributed by atoms with Gasteiger partial charge in [0.05, 0.1) is 27.4 Å². The molecular weight excluding hydrogens is 299 g/mol. The van der Waals surface area contributed by atoms with E-state index in [2.05, 4.69) is 4.98 Å². The molecule has 0 bridgehead atoms. The van der Waals surface area contributed by atoms with E-state index in [4.69, 9.17) is 39.9 Å². The molecule has 0 amide bonds. The van der Waals surface area contributed by atoms with Crippen LogP contribution in [0.3, 0.4) is 0 Å². The lowest BCUT2D eigenvalue weighted by molar-refractivity contribution is 0.275. The van der Waals surface area contributed by atoms with E-state index in [1.54, 1.807) is 0 Å². The first-order chi connectivity index (χ1) is 8.52. The molecule has 2 rings (SSSR count). The van der Waals surface area contributed by atoms with Gasteiger partial charge in [-0.05, 0) is 24.3 Å². The van der Waals surface area contributed by atoms with Gasteiger partial charge >= 0.3 is 0 Å². The molecule has 0 unspecified atom stereocenters. The van der Waals surface area contributed by atoms with Gasteiger partial charge in [-0.15, -0.1) is 0 Å². The van der Waals surface area contributed by atoms with Gasteiger partial charge in [-0.25, -0.2) is 4.98 Å². The predicted molar refractivity (Wildman–Crippen MR) is 70.6 cm³/mol. The van der Waals surface area contributed by atoms with Crippen LogP contribution >= 0.6 is 34.8 Å². The maximum Gasteiger partial charge on any atom is 0.221 e. The third-order valence-corrected chi connectivity index (χ3v) is 3.40. The summed E-state index contributed by atoms with van der Waals surface area (Å²) >= 11 is 17.7. The zero-order valence-corrected chi connectivity index (χ0v) is 11.2. The van der Waals surface area contributed by atoms with Crippen LogP contribution in [0.4, 0.5) is 4.39 Å². The van der Waals surface area contributed by atoms with Gasteiger partial charge in [0.15, 0.2) is 0 Å². The molecule has 0 radical (unpaired) electrons. The van der Waals surface area contributed by atoms with Crippen molar-refractivity contribution in [2.24, 2.45) is 0 Å². The molecule has 0 spiro atoms. The minimum atomic E-state index is -0.721. The number of hydrogen-bond acceptors (Lipinski definition) is 2. The fourth-order valence-corrected chi connectivity index (χ4v) is 2.14. The Kier molecular flexibility index (Phi) is 4.07. The first-order valence-electron chi connectivity index (χ1n) is 4.94. The highest BCUT2D eigenvalue weighted by atomic mass is 35.5. The van der Waals surface area contributed by atoms with E-state index in [0.29, 0.717) is 10.6 Å². The summed E-state index contributed by atoms with van der Waals surface area (Å²) in [7, 11) is 0. The first kappa shape index (κ1) is 13.6. The molecule has 0 saturated heterocycles. The number of rotatable bonds is 2. The normalized spacial score (nSPS) is 10.7. The van der Waals surface area contributed by atoms with Crippen molar-refractivity contribution in [1.82, 2.24) is 4.98 Å². The lowest BCUT2D eigenvalue weighted by Crippen LogP contribution is -1.95. The van der Waals surface area contributed by atoms with Crippen molar-refractivity contribution in [3.63, 3.8) is 0 Å². The standard InChI is InChI=1S/C12H7Cl3FNO/c13-9-4-11(15)10(14)3-8(9)7-2-1-6(5-18)17-12(7)16/h1-4,18H,5H2. The predicted octanol–water partition coefficient (Wildman–Crippen LogP) is 4.34. The number of benzene rings is 1. The molecular formula is C12H7Cl3FNO. The summed E-state index contributed by atoms with van der Waals surface area (Å²) < 4.78 is 13.8. The Morgan fingerprint density at radius 1 is 1.00 bits per heavy atom. The van der Waals surface area contributed by atoms with Gasteiger partial charge in [0, 0.05) is 11.1 Å². The molecule has 1 heterocycles. The van der Waals surface area contributed by atoms with Gasteiger partial charge in [-0.1, -0.05) is 34.8 Å². The van der Waals surface area contributed by atoms with Gasteiger partial charge < -0.3 is 5.11 Å². The van der Waals surface area contributed by atoms with E-state index in [1.807, 2.05) is 0 Å². The summed E-state index contributed by atoms with van der Waals surface area (Å²) in [6, 6.07) is 5.92. The van der Waals surface area contributed by atoms with Crippen molar-refractivity contribution in [2.45, 2.75) is 6.61 Å². The molecule has 1 aromatic heterocycles. The van der Waals surface area contributed by atoms with Crippen molar-refractivity contribution < 1.29 is 9.50 Å². The summed E-state index contributed by atoms with van der Waals surface area (Å²) in [6.45, 7) is -0.327. The Bertz CT molecular complexity index is 604. The van der Waals surface area contributed by atoms with E-state index in [1.165, 1.54) is 24.3 Å². The van der Waals surface area contributed by atoms with Gasteiger partial charge in [-0.3, -0.25) is 0 Å². The third kappa shape index (κ3) is 2.59. The van der Waals surface area contributed by atoms with Crippen molar-refractivity contribution in [1.29, 1.82) is 0 Å². The zero-order chi connectivity index (χ0) is 13.3. The molecule has 0 aliphatic heterocycles. The quantitative estimate of drug-likeness (QED) is 0.661. The van der Waals surface area contributed by atoms with Crippen LogP contribution in [0.1, 0.15) is 5.69 Å². The Balaban J connectivity index is 2.58. The van der Waals surface area contributed by atoms with Gasteiger partial charge in [0.25, 0.3) is 0 Å². The van der Waals surface area contributed by atoms with Gasteiger partial charge in [0.1, 0.15) is 0 Å². The minimum Gasteiger partial charge on any atom is -0.390 e. The summed E-state index contributed by atoms with van der Waals surface area (Å²) in [5, 5.41) is 9.72. The third-order valence-electron chi connectivity index (χ3n) is 2.37. The first-order valence-corrected chi connectivity index (χ1v) is 6.07. The van der Waals surface area contributed by atoms with Gasteiger partial charge in [0.2, 0.25) is 5.95 Å². The zero-order valence-electron chi connectivity index (χ0n) is 8.92. The second-order valence-corrected chi connectivity index (χ2v) is 4.77. The number of aromatic nitrogens is 1. The monoisotopic (exact) mass is 305 g/mol. The van der Waals surface area contributed by atoms with Crippen molar-refractivity contribution >= 4 is 34.8 Å². The fourth-order valence-electron chi connectivity index (χ4n) is 1.49. The van der Waals surface area contributed by atoms with E-state index in [9.17, 15) is 4.39 Å². The Labute approximate surface area is 118 Å². The van der Waals surface area contributed by atoms with Crippen LogP contribution in [0.25, 0.3) is 11.1 Å². The molecule has 6 heteroatoms. The van der Waals surface area contributed by atoms with Crippen LogP contribution < -0.4 is 0 Å². The van der Waals surface area contributed by atoms with E-state index in [-0.39, 0.29) is 27.9 Å².